The number of anilines is 1. The number of halogens is 1. The first kappa shape index (κ1) is 21.4. The van der Waals surface area contributed by atoms with Gasteiger partial charge in [0.25, 0.3) is 5.91 Å². The Morgan fingerprint density at radius 2 is 1.81 bits per heavy atom. The van der Waals surface area contributed by atoms with Gasteiger partial charge in [0.05, 0.1) is 10.6 Å². The number of hydrogen-bond acceptors (Lipinski definition) is 3. The minimum Gasteiger partial charge on any atom is -0.341 e. The van der Waals surface area contributed by atoms with Crippen LogP contribution in [0.2, 0.25) is 5.02 Å². The van der Waals surface area contributed by atoms with Crippen molar-refractivity contribution in [3.8, 4) is 0 Å². The molecule has 1 saturated heterocycles. The van der Waals surface area contributed by atoms with Crippen LogP contribution < -0.4 is 5.32 Å². The number of rotatable bonds is 4. The zero-order valence-electron chi connectivity index (χ0n) is 17.6. The molecular formula is C24H26ClN3O3. The Kier molecular flexibility index (Phi) is 6.28. The summed E-state index contributed by atoms with van der Waals surface area (Å²) in [6.45, 7) is 3.56. The smallest absolute Gasteiger partial charge is 0.256 e. The molecule has 2 aromatic rings. The molecular weight excluding hydrogens is 414 g/mol. The molecule has 1 N–H and O–H groups in total. The summed E-state index contributed by atoms with van der Waals surface area (Å²) < 4.78 is 0. The number of amides is 3. The molecule has 0 unspecified atom stereocenters. The van der Waals surface area contributed by atoms with Crippen molar-refractivity contribution in [3.63, 3.8) is 0 Å². The quantitative estimate of drug-likeness (QED) is 0.786. The van der Waals surface area contributed by atoms with E-state index in [0.717, 1.165) is 37.1 Å². The highest BCUT2D eigenvalue weighted by atomic mass is 35.5. The molecule has 162 valence electrons. The molecule has 0 saturated carbocycles. The van der Waals surface area contributed by atoms with Gasteiger partial charge in [0.15, 0.2) is 0 Å². The molecule has 2 aliphatic rings. The third kappa shape index (κ3) is 4.44. The van der Waals surface area contributed by atoms with Crippen molar-refractivity contribution in [2.75, 3.05) is 18.4 Å². The Bertz CT molecular complexity index is 1020. The Morgan fingerprint density at radius 3 is 2.52 bits per heavy atom. The number of nitrogens with zero attached hydrogens (tertiary/aromatic N) is 2. The number of nitrogens with one attached hydrogen (secondary N) is 1. The van der Waals surface area contributed by atoms with Gasteiger partial charge in [0, 0.05) is 38.2 Å². The molecule has 0 radical (unpaired) electrons. The molecule has 31 heavy (non-hydrogen) atoms. The Morgan fingerprint density at radius 1 is 1.06 bits per heavy atom. The van der Waals surface area contributed by atoms with Gasteiger partial charge in [-0.2, -0.15) is 0 Å². The Balaban J connectivity index is 1.68. The predicted octanol–water partition coefficient (Wildman–Crippen LogP) is 3.88. The van der Waals surface area contributed by atoms with Crippen LogP contribution in [0.5, 0.6) is 0 Å². The first-order valence-electron chi connectivity index (χ1n) is 10.7. The molecule has 2 aromatic carbocycles. The highest BCUT2D eigenvalue weighted by Gasteiger charge is 2.38. The summed E-state index contributed by atoms with van der Waals surface area (Å²) in [4.78, 5) is 42.1. The van der Waals surface area contributed by atoms with Crippen LogP contribution in [-0.4, -0.2) is 46.7 Å². The number of likely N-dealkylation sites (tertiary alicyclic amines) is 1. The van der Waals surface area contributed by atoms with Crippen LogP contribution in [0, 0.1) is 0 Å². The van der Waals surface area contributed by atoms with E-state index in [-0.39, 0.29) is 17.7 Å². The van der Waals surface area contributed by atoms with E-state index in [2.05, 4.69) is 5.32 Å². The third-order valence-corrected chi connectivity index (χ3v) is 6.34. The summed E-state index contributed by atoms with van der Waals surface area (Å²) in [5.74, 6) is -0.328. The highest BCUT2D eigenvalue weighted by molar-refractivity contribution is 6.33. The third-order valence-electron chi connectivity index (χ3n) is 6.01. The molecule has 3 amide bonds. The maximum absolute atomic E-state index is 13.5. The minimum absolute atomic E-state index is 0.00749. The van der Waals surface area contributed by atoms with Gasteiger partial charge in [0.1, 0.15) is 6.04 Å². The second-order valence-corrected chi connectivity index (χ2v) is 8.46. The van der Waals surface area contributed by atoms with E-state index < -0.39 is 6.04 Å². The van der Waals surface area contributed by atoms with Crippen LogP contribution in [-0.2, 0) is 22.6 Å². The van der Waals surface area contributed by atoms with Crippen molar-refractivity contribution < 1.29 is 14.4 Å². The number of benzene rings is 2. The molecule has 1 fully saturated rings. The fraction of sp³-hybridized carbons (Fsp3) is 0.375. The lowest BCUT2D eigenvalue weighted by Gasteiger charge is -2.38. The van der Waals surface area contributed by atoms with Crippen LogP contribution in [0.3, 0.4) is 0 Å². The number of hydrogen-bond donors (Lipinski definition) is 1. The van der Waals surface area contributed by atoms with Crippen molar-refractivity contribution in [1.82, 2.24) is 9.80 Å². The van der Waals surface area contributed by atoms with Crippen molar-refractivity contribution in [2.24, 2.45) is 0 Å². The van der Waals surface area contributed by atoms with E-state index in [4.69, 9.17) is 11.6 Å². The number of carbonyl (C=O) groups is 3. The topological polar surface area (TPSA) is 69.7 Å². The van der Waals surface area contributed by atoms with Gasteiger partial charge < -0.3 is 15.1 Å². The zero-order chi connectivity index (χ0) is 22.0. The maximum Gasteiger partial charge on any atom is 0.256 e. The van der Waals surface area contributed by atoms with E-state index in [1.807, 2.05) is 23.1 Å². The Labute approximate surface area is 187 Å². The molecule has 0 aromatic heterocycles. The monoisotopic (exact) mass is 439 g/mol. The van der Waals surface area contributed by atoms with Gasteiger partial charge in [-0.1, -0.05) is 36.7 Å². The molecule has 4 rings (SSSR count). The molecule has 0 aliphatic carbocycles. The van der Waals surface area contributed by atoms with E-state index >= 15 is 0 Å². The van der Waals surface area contributed by atoms with Crippen LogP contribution >= 0.6 is 11.6 Å². The Hall–Kier alpha value is -2.86. The van der Waals surface area contributed by atoms with Gasteiger partial charge in [-0.3, -0.25) is 14.4 Å². The normalized spacial score (nSPS) is 17.9. The van der Waals surface area contributed by atoms with Crippen LogP contribution in [0.1, 0.15) is 47.7 Å². The molecule has 2 heterocycles. The average molecular weight is 440 g/mol. The van der Waals surface area contributed by atoms with E-state index in [0.29, 0.717) is 35.7 Å². The molecule has 1 atom stereocenters. The summed E-state index contributed by atoms with van der Waals surface area (Å²) in [6.07, 6.45) is 2.82. The van der Waals surface area contributed by atoms with Gasteiger partial charge in [-0.05, 0) is 48.2 Å². The standard InChI is InChI=1S/C24H26ClN3O3/c1-2-22(29)26-18-10-9-16-14-21(24(31)27-11-5-6-12-27)28(15-17(16)13-18)23(30)19-7-3-4-8-20(19)25/h3-4,7-10,13,21H,2,5-6,11-12,14-15H2,1H3,(H,26,29)/t21-/m0/s1. The van der Waals surface area contributed by atoms with Crippen LogP contribution in [0.15, 0.2) is 42.5 Å². The predicted molar refractivity (Wildman–Crippen MR) is 120 cm³/mol. The molecule has 7 heteroatoms. The van der Waals surface area contributed by atoms with Crippen molar-refractivity contribution in [3.05, 3.63) is 64.2 Å². The second-order valence-electron chi connectivity index (χ2n) is 8.05. The summed E-state index contributed by atoms with van der Waals surface area (Å²) in [5, 5.41) is 3.24. The van der Waals surface area contributed by atoms with Crippen LogP contribution in [0.25, 0.3) is 0 Å². The molecule has 0 spiro atoms. The summed E-state index contributed by atoms with van der Waals surface area (Å²) in [6, 6.07) is 12.1. The highest BCUT2D eigenvalue weighted by Crippen LogP contribution is 2.30. The summed E-state index contributed by atoms with van der Waals surface area (Å²) in [7, 11) is 0. The minimum atomic E-state index is -0.564. The first-order valence-corrected chi connectivity index (χ1v) is 11.1. The number of carbonyl (C=O) groups excluding carboxylic acids is 3. The van der Waals surface area contributed by atoms with Crippen LogP contribution in [0.4, 0.5) is 5.69 Å². The lowest BCUT2D eigenvalue weighted by molar-refractivity contribution is -0.135. The SMILES string of the molecule is CCC(=O)Nc1ccc2c(c1)CN(C(=O)c1ccccc1Cl)[C@H](C(=O)N1CCCC1)C2. The largest absolute Gasteiger partial charge is 0.341 e. The fourth-order valence-corrected chi connectivity index (χ4v) is 4.50. The van der Waals surface area contributed by atoms with Gasteiger partial charge >= 0.3 is 0 Å². The van der Waals surface area contributed by atoms with E-state index in [9.17, 15) is 14.4 Å². The van der Waals surface area contributed by atoms with E-state index in [1.54, 1.807) is 36.1 Å². The lowest BCUT2D eigenvalue weighted by atomic mass is 9.92. The van der Waals surface area contributed by atoms with Crippen molar-refractivity contribution >= 4 is 35.0 Å². The zero-order valence-corrected chi connectivity index (χ0v) is 18.3. The summed E-state index contributed by atoms with van der Waals surface area (Å²) in [5.41, 5.74) is 3.04. The van der Waals surface area contributed by atoms with Gasteiger partial charge in [-0.25, -0.2) is 0 Å². The fourth-order valence-electron chi connectivity index (χ4n) is 4.28. The lowest BCUT2D eigenvalue weighted by Crippen LogP contribution is -2.53. The second kappa shape index (κ2) is 9.10. The van der Waals surface area contributed by atoms with Gasteiger partial charge in [-0.15, -0.1) is 0 Å². The van der Waals surface area contributed by atoms with Crippen molar-refractivity contribution in [2.45, 2.75) is 45.2 Å². The first-order chi connectivity index (χ1) is 15.0. The average Bonchev–Trinajstić information content (AvgIpc) is 3.32. The maximum atomic E-state index is 13.5. The van der Waals surface area contributed by atoms with E-state index in [1.165, 1.54) is 0 Å². The molecule has 6 nitrogen and oxygen atoms in total. The summed E-state index contributed by atoms with van der Waals surface area (Å²) >= 11 is 6.30. The molecule has 0 bridgehead atoms. The molecule has 2 aliphatic heterocycles. The van der Waals surface area contributed by atoms with Crippen molar-refractivity contribution in [1.29, 1.82) is 0 Å². The number of fused-ring (bicyclic) bond motifs is 1. The van der Waals surface area contributed by atoms with Gasteiger partial charge in [0.2, 0.25) is 11.8 Å².